The molecule has 0 amide bonds. The highest BCUT2D eigenvalue weighted by Gasteiger charge is 2.28. The highest BCUT2D eigenvalue weighted by Crippen LogP contribution is 2.34. The number of nitrogens with zero attached hydrogens (tertiary/aromatic N) is 5. The summed E-state index contributed by atoms with van der Waals surface area (Å²) in [6.07, 6.45) is 5.06. The average Bonchev–Trinajstić information content (AvgIpc) is 3.19. The van der Waals surface area contributed by atoms with Gasteiger partial charge in [0.05, 0.1) is 12.6 Å². The lowest BCUT2D eigenvalue weighted by Crippen LogP contribution is -2.36. The maximum atomic E-state index is 4.21. The number of nitrogens with one attached hydrogen (secondary N) is 1. The number of hydrogen-bond donors (Lipinski definition) is 1. The fraction of sp³-hybridized carbons (Fsp3) is 0.923. The summed E-state index contributed by atoms with van der Waals surface area (Å²) in [5.74, 6) is 1.87. The highest BCUT2D eigenvalue weighted by molar-refractivity contribution is 4.90. The molecule has 0 radical (unpaired) electrons. The maximum absolute atomic E-state index is 4.21. The minimum absolute atomic E-state index is 0.572. The minimum Gasteiger partial charge on any atom is -0.317 e. The van der Waals surface area contributed by atoms with E-state index in [0.717, 1.165) is 24.8 Å². The van der Waals surface area contributed by atoms with Crippen LogP contribution in [0.15, 0.2) is 0 Å². The van der Waals surface area contributed by atoms with Crippen molar-refractivity contribution in [2.75, 3.05) is 26.2 Å². The van der Waals surface area contributed by atoms with Gasteiger partial charge in [0.2, 0.25) is 0 Å². The van der Waals surface area contributed by atoms with E-state index in [2.05, 4.69) is 32.7 Å². The molecule has 1 aromatic rings. The van der Waals surface area contributed by atoms with Crippen LogP contribution in [0.5, 0.6) is 0 Å². The highest BCUT2D eigenvalue weighted by atomic mass is 15.6. The quantitative estimate of drug-likeness (QED) is 0.824. The van der Waals surface area contributed by atoms with Crippen LogP contribution in [0.4, 0.5) is 0 Å². The van der Waals surface area contributed by atoms with Crippen molar-refractivity contribution < 1.29 is 0 Å². The lowest BCUT2D eigenvalue weighted by molar-refractivity contribution is 0.200. The van der Waals surface area contributed by atoms with Crippen molar-refractivity contribution in [2.45, 2.75) is 45.2 Å². The molecule has 0 aromatic carbocycles. The Morgan fingerprint density at radius 2 is 2.05 bits per heavy atom. The SMILES string of the molecule is CCN(Cc1nnnn1C1CC1)CC1CCNCC1. The first kappa shape index (κ1) is 13.0. The Hall–Kier alpha value is -1.01. The predicted molar refractivity (Wildman–Crippen MR) is 72.6 cm³/mol. The number of piperidine rings is 1. The normalized spacial score (nSPS) is 21.2. The number of aromatic nitrogens is 4. The summed E-state index contributed by atoms with van der Waals surface area (Å²) in [7, 11) is 0. The largest absolute Gasteiger partial charge is 0.317 e. The van der Waals surface area contributed by atoms with Crippen LogP contribution in [-0.2, 0) is 6.54 Å². The van der Waals surface area contributed by atoms with Gasteiger partial charge in [-0.3, -0.25) is 4.90 Å². The van der Waals surface area contributed by atoms with Crippen LogP contribution in [0.25, 0.3) is 0 Å². The van der Waals surface area contributed by atoms with Crippen LogP contribution in [0.1, 0.15) is 44.5 Å². The van der Waals surface area contributed by atoms with Crippen molar-refractivity contribution in [2.24, 2.45) is 5.92 Å². The summed E-state index contributed by atoms with van der Waals surface area (Å²) in [4.78, 5) is 2.49. The van der Waals surface area contributed by atoms with E-state index in [1.807, 2.05) is 4.68 Å². The Bertz CT molecular complexity index is 394. The van der Waals surface area contributed by atoms with E-state index in [1.165, 1.54) is 45.3 Å². The first-order chi connectivity index (χ1) is 9.36. The molecule has 3 rings (SSSR count). The van der Waals surface area contributed by atoms with Gasteiger partial charge >= 0.3 is 0 Å². The second kappa shape index (κ2) is 5.96. The summed E-state index contributed by atoms with van der Waals surface area (Å²) in [6, 6.07) is 0.572. The third-order valence-electron chi connectivity index (χ3n) is 4.24. The van der Waals surface area contributed by atoms with Gasteiger partial charge in [-0.05, 0) is 61.7 Å². The lowest BCUT2D eigenvalue weighted by atomic mass is 9.97. The van der Waals surface area contributed by atoms with Gasteiger partial charge in [-0.2, -0.15) is 0 Å². The van der Waals surface area contributed by atoms with E-state index in [1.54, 1.807) is 0 Å². The average molecular weight is 264 g/mol. The third kappa shape index (κ3) is 3.30. The molecule has 6 nitrogen and oxygen atoms in total. The molecule has 0 bridgehead atoms. The van der Waals surface area contributed by atoms with Gasteiger partial charge in [0.25, 0.3) is 0 Å². The molecule has 1 N–H and O–H groups in total. The van der Waals surface area contributed by atoms with E-state index >= 15 is 0 Å². The van der Waals surface area contributed by atoms with Gasteiger partial charge < -0.3 is 5.32 Å². The van der Waals surface area contributed by atoms with Gasteiger partial charge in [0, 0.05) is 6.54 Å². The molecular weight excluding hydrogens is 240 g/mol. The molecule has 2 aliphatic rings. The monoisotopic (exact) mass is 264 g/mol. The molecule has 6 heteroatoms. The van der Waals surface area contributed by atoms with Crippen LogP contribution in [0.3, 0.4) is 0 Å². The molecule has 1 aliphatic heterocycles. The lowest BCUT2D eigenvalue weighted by Gasteiger charge is -2.28. The van der Waals surface area contributed by atoms with Crippen molar-refractivity contribution in [3.8, 4) is 0 Å². The number of rotatable bonds is 6. The molecule has 0 atom stereocenters. The molecular formula is C13H24N6. The third-order valence-corrected chi connectivity index (χ3v) is 4.24. The van der Waals surface area contributed by atoms with Crippen molar-refractivity contribution in [3.63, 3.8) is 0 Å². The van der Waals surface area contributed by atoms with E-state index in [-0.39, 0.29) is 0 Å². The topological polar surface area (TPSA) is 58.9 Å². The standard InChI is InChI=1S/C13H24N6/c1-2-18(9-11-5-7-14-8-6-11)10-13-15-16-17-19(13)12-3-4-12/h11-12,14H,2-10H2,1H3. The predicted octanol–water partition coefficient (Wildman–Crippen LogP) is 0.829. The smallest absolute Gasteiger partial charge is 0.165 e. The molecule has 0 spiro atoms. The van der Waals surface area contributed by atoms with Crippen molar-refractivity contribution in [1.29, 1.82) is 0 Å². The fourth-order valence-corrected chi connectivity index (χ4v) is 2.85. The zero-order valence-electron chi connectivity index (χ0n) is 11.8. The summed E-state index contributed by atoms with van der Waals surface area (Å²) >= 11 is 0. The van der Waals surface area contributed by atoms with E-state index in [4.69, 9.17) is 0 Å². The molecule has 1 aromatic heterocycles. The second-order valence-electron chi connectivity index (χ2n) is 5.79. The molecule has 1 saturated carbocycles. The van der Waals surface area contributed by atoms with Crippen molar-refractivity contribution in [1.82, 2.24) is 30.4 Å². The molecule has 1 aliphatic carbocycles. The molecule has 19 heavy (non-hydrogen) atoms. The van der Waals surface area contributed by atoms with E-state index in [9.17, 15) is 0 Å². The molecule has 0 unspecified atom stereocenters. The van der Waals surface area contributed by atoms with E-state index < -0.39 is 0 Å². The molecule has 1 saturated heterocycles. The van der Waals surface area contributed by atoms with Gasteiger partial charge in [-0.15, -0.1) is 5.10 Å². The Balaban J connectivity index is 1.57. The molecule has 106 valence electrons. The zero-order chi connectivity index (χ0) is 13.1. The first-order valence-electron chi connectivity index (χ1n) is 7.56. The van der Waals surface area contributed by atoms with Crippen LogP contribution < -0.4 is 5.32 Å². The Morgan fingerprint density at radius 1 is 1.26 bits per heavy atom. The summed E-state index contributed by atoms with van der Waals surface area (Å²) in [6.45, 7) is 7.71. The summed E-state index contributed by atoms with van der Waals surface area (Å²) in [5.41, 5.74) is 0. The number of tetrazole rings is 1. The molecule has 2 fully saturated rings. The summed E-state index contributed by atoms with van der Waals surface area (Å²) in [5, 5.41) is 15.6. The summed E-state index contributed by atoms with van der Waals surface area (Å²) < 4.78 is 2.03. The van der Waals surface area contributed by atoms with Crippen molar-refractivity contribution in [3.05, 3.63) is 5.82 Å². The Kier molecular flexibility index (Phi) is 4.08. The Morgan fingerprint density at radius 3 is 2.74 bits per heavy atom. The van der Waals surface area contributed by atoms with Crippen LogP contribution >= 0.6 is 0 Å². The fourth-order valence-electron chi connectivity index (χ4n) is 2.85. The van der Waals surface area contributed by atoms with Crippen LogP contribution in [-0.4, -0.2) is 51.3 Å². The first-order valence-corrected chi connectivity index (χ1v) is 7.56. The van der Waals surface area contributed by atoms with Crippen molar-refractivity contribution >= 4 is 0 Å². The van der Waals surface area contributed by atoms with Crippen LogP contribution in [0.2, 0.25) is 0 Å². The second-order valence-corrected chi connectivity index (χ2v) is 5.79. The van der Waals surface area contributed by atoms with E-state index in [0.29, 0.717) is 6.04 Å². The molecule has 2 heterocycles. The number of hydrogen-bond acceptors (Lipinski definition) is 5. The van der Waals surface area contributed by atoms with Gasteiger partial charge in [-0.25, -0.2) is 4.68 Å². The van der Waals surface area contributed by atoms with Gasteiger partial charge in [0.1, 0.15) is 0 Å². The Labute approximate surface area is 114 Å². The van der Waals surface area contributed by atoms with Crippen LogP contribution in [0, 0.1) is 5.92 Å². The van der Waals surface area contributed by atoms with Gasteiger partial charge in [0.15, 0.2) is 5.82 Å². The minimum atomic E-state index is 0.572. The zero-order valence-corrected chi connectivity index (χ0v) is 11.8. The van der Waals surface area contributed by atoms with Gasteiger partial charge in [-0.1, -0.05) is 6.92 Å². The maximum Gasteiger partial charge on any atom is 0.165 e.